The van der Waals surface area contributed by atoms with E-state index in [2.05, 4.69) is 39.7 Å². The molecule has 0 N–H and O–H groups in total. The van der Waals surface area contributed by atoms with E-state index in [1.165, 1.54) is 6.42 Å². The molecular formula is C15H16BrClN2O. The van der Waals surface area contributed by atoms with Gasteiger partial charge in [-0.15, -0.1) is 0 Å². The Morgan fingerprint density at radius 2 is 2.15 bits per heavy atom. The highest BCUT2D eigenvalue weighted by Gasteiger charge is 2.36. The van der Waals surface area contributed by atoms with Crippen molar-refractivity contribution in [2.75, 3.05) is 0 Å². The van der Waals surface area contributed by atoms with E-state index in [0.717, 1.165) is 34.7 Å². The molecule has 2 aromatic rings. The Balaban J connectivity index is 1.95. The Bertz CT molecular complexity index is 641. The lowest BCUT2D eigenvalue weighted by Gasteiger charge is -2.05. The first kappa shape index (κ1) is 14.1. The summed E-state index contributed by atoms with van der Waals surface area (Å²) >= 11 is 9.62. The molecule has 3 rings (SSSR count). The Labute approximate surface area is 131 Å². The number of hydrogen-bond donors (Lipinski definition) is 0. The zero-order chi connectivity index (χ0) is 14.3. The molecule has 20 heavy (non-hydrogen) atoms. The molecule has 2 atom stereocenters. The van der Waals surface area contributed by atoms with Crippen molar-refractivity contribution in [3.05, 3.63) is 33.2 Å². The van der Waals surface area contributed by atoms with Crippen LogP contribution in [0.4, 0.5) is 0 Å². The summed E-state index contributed by atoms with van der Waals surface area (Å²) in [5.41, 5.74) is 0.931. The summed E-state index contributed by atoms with van der Waals surface area (Å²) in [6.45, 7) is 4.35. The van der Waals surface area contributed by atoms with Gasteiger partial charge in [-0.25, -0.2) is 9.97 Å². The van der Waals surface area contributed by atoms with E-state index >= 15 is 0 Å². The van der Waals surface area contributed by atoms with Crippen molar-refractivity contribution in [1.82, 2.24) is 9.97 Å². The van der Waals surface area contributed by atoms with Gasteiger partial charge in [0.25, 0.3) is 0 Å². The molecule has 0 amide bonds. The molecule has 1 aliphatic carbocycles. The van der Waals surface area contributed by atoms with Crippen LogP contribution < -0.4 is 0 Å². The zero-order valence-corrected chi connectivity index (χ0v) is 13.8. The minimum absolute atomic E-state index is 0.441. The first-order valence-corrected chi connectivity index (χ1v) is 8.09. The Kier molecular flexibility index (Phi) is 3.87. The van der Waals surface area contributed by atoms with Crippen LogP contribution in [-0.2, 0) is 6.42 Å². The van der Waals surface area contributed by atoms with Crippen LogP contribution in [0.15, 0.2) is 21.0 Å². The minimum atomic E-state index is 0.441. The van der Waals surface area contributed by atoms with Gasteiger partial charge in [-0.3, -0.25) is 0 Å². The monoisotopic (exact) mass is 354 g/mol. The van der Waals surface area contributed by atoms with E-state index in [1.807, 2.05) is 12.1 Å². The van der Waals surface area contributed by atoms with Crippen LogP contribution in [0.1, 0.15) is 44.1 Å². The van der Waals surface area contributed by atoms with E-state index in [4.69, 9.17) is 16.0 Å². The standard InChI is InChI=1S/C15H16BrClN2O/c1-3-4-10-13(16)14(17)19-15(18-10)12-6-5-11(20-12)9-7-8(9)2/h5-6,8-9H,3-4,7H2,1-2H3. The van der Waals surface area contributed by atoms with Gasteiger partial charge < -0.3 is 4.42 Å². The summed E-state index contributed by atoms with van der Waals surface area (Å²) in [7, 11) is 0. The molecule has 2 heterocycles. The van der Waals surface area contributed by atoms with Crippen molar-refractivity contribution in [2.24, 2.45) is 5.92 Å². The normalized spacial score (nSPS) is 21.2. The van der Waals surface area contributed by atoms with Crippen LogP contribution in [0, 0.1) is 5.92 Å². The summed E-state index contributed by atoms with van der Waals surface area (Å²) < 4.78 is 6.68. The molecule has 0 saturated heterocycles. The van der Waals surface area contributed by atoms with E-state index < -0.39 is 0 Å². The van der Waals surface area contributed by atoms with Gasteiger partial charge in [0.1, 0.15) is 10.9 Å². The van der Waals surface area contributed by atoms with Gasteiger partial charge in [0, 0.05) is 5.92 Å². The smallest absolute Gasteiger partial charge is 0.197 e. The van der Waals surface area contributed by atoms with Crippen LogP contribution in [0.3, 0.4) is 0 Å². The third-order valence-electron chi connectivity index (χ3n) is 3.69. The summed E-state index contributed by atoms with van der Waals surface area (Å²) in [5, 5.41) is 0.441. The number of nitrogens with zero attached hydrogens (tertiary/aromatic N) is 2. The first-order chi connectivity index (χ1) is 9.60. The molecule has 0 aromatic carbocycles. The van der Waals surface area contributed by atoms with Crippen molar-refractivity contribution in [2.45, 2.75) is 39.0 Å². The van der Waals surface area contributed by atoms with Gasteiger partial charge in [-0.1, -0.05) is 31.9 Å². The molecule has 3 nitrogen and oxygen atoms in total. The molecule has 2 aromatic heterocycles. The molecule has 1 saturated carbocycles. The van der Waals surface area contributed by atoms with Gasteiger partial charge >= 0.3 is 0 Å². The molecule has 0 bridgehead atoms. The van der Waals surface area contributed by atoms with Gasteiger partial charge in [-0.2, -0.15) is 0 Å². The minimum Gasteiger partial charge on any atom is -0.457 e. The number of furan rings is 1. The van der Waals surface area contributed by atoms with Gasteiger partial charge in [0.05, 0.1) is 10.2 Å². The number of aromatic nitrogens is 2. The summed E-state index contributed by atoms with van der Waals surface area (Å²) in [4.78, 5) is 8.88. The molecule has 0 aliphatic heterocycles. The highest BCUT2D eigenvalue weighted by molar-refractivity contribution is 9.10. The predicted octanol–water partition coefficient (Wildman–Crippen LogP) is 5.23. The van der Waals surface area contributed by atoms with Crippen molar-refractivity contribution in [1.29, 1.82) is 0 Å². The topological polar surface area (TPSA) is 38.9 Å². The molecule has 2 unspecified atom stereocenters. The van der Waals surface area contributed by atoms with Crippen molar-refractivity contribution in [3.8, 4) is 11.6 Å². The fraction of sp³-hybridized carbons (Fsp3) is 0.467. The fourth-order valence-corrected chi connectivity index (χ4v) is 2.93. The molecule has 1 fully saturated rings. The molecule has 0 radical (unpaired) electrons. The summed E-state index contributed by atoms with van der Waals surface area (Å²) in [6, 6.07) is 3.97. The van der Waals surface area contributed by atoms with E-state index in [9.17, 15) is 0 Å². The zero-order valence-electron chi connectivity index (χ0n) is 11.5. The molecule has 5 heteroatoms. The van der Waals surface area contributed by atoms with Gasteiger partial charge in [0.15, 0.2) is 11.6 Å². The molecular weight excluding hydrogens is 340 g/mol. The number of hydrogen-bond acceptors (Lipinski definition) is 3. The predicted molar refractivity (Wildman–Crippen MR) is 83.0 cm³/mol. The van der Waals surface area contributed by atoms with E-state index in [-0.39, 0.29) is 0 Å². The van der Waals surface area contributed by atoms with Crippen LogP contribution in [0.25, 0.3) is 11.6 Å². The average molecular weight is 356 g/mol. The maximum atomic E-state index is 6.17. The SMILES string of the molecule is CCCc1nc(-c2ccc(C3CC3C)o2)nc(Cl)c1Br. The second-order valence-electron chi connectivity index (χ2n) is 5.37. The number of halogens is 2. The van der Waals surface area contributed by atoms with Crippen molar-refractivity contribution in [3.63, 3.8) is 0 Å². The number of aryl methyl sites for hydroxylation is 1. The van der Waals surface area contributed by atoms with Crippen LogP contribution >= 0.6 is 27.5 Å². The lowest BCUT2D eigenvalue weighted by Crippen LogP contribution is -1.98. The maximum absolute atomic E-state index is 6.17. The largest absolute Gasteiger partial charge is 0.457 e. The van der Waals surface area contributed by atoms with Gasteiger partial charge in [0.2, 0.25) is 0 Å². The Morgan fingerprint density at radius 3 is 2.80 bits per heavy atom. The first-order valence-electron chi connectivity index (χ1n) is 6.92. The van der Waals surface area contributed by atoms with Crippen LogP contribution in [-0.4, -0.2) is 9.97 Å². The summed E-state index contributed by atoms with van der Waals surface area (Å²) in [5.74, 6) is 3.59. The fourth-order valence-electron chi connectivity index (χ4n) is 2.37. The van der Waals surface area contributed by atoms with Gasteiger partial charge in [-0.05, 0) is 46.8 Å². The lowest BCUT2D eigenvalue weighted by molar-refractivity contribution is 0.514. The highest BCUT2D eigenvalue weighted by atomic mass is 79.9. The third-order valence-corrected chi connectivity index (χ3v) is 5.02. The van der Waals surface area contributed by atoms with E-state index in [0.29, 0.717) is 22.7 Å². The Hall–Kier alpha value is -0.870. The number of rotatable bonds is 4. The highest BCUT2D eigenvalue weighted by Crippen LogP contribution is 2.48. The third kappa shape index (κ3) is 2.63. The van der Waals surface area contributed by atoms with E-state index in [1.54, 1.807) is 0 Å². The molecule has 1 aliphatic rings. The van der Waals surface area contributed by atoms with Crippen LogP contribution in [0.5, 0.6) is 0 Å². The lowest BCUT2D eigenvalue weighted by atomic mass is 10.2. The quantitative estimate of drug-likeness (QED) is 0.705. The van der Waals surface area contributed by atoms with Crippen molar-refractivity contribution >= 4 is 27.5 Å². The second kappa shape index (κ2) is 5.49. The van der Waals surface area contributed by atoms with Crippen molar-refractivity contribution < 1.29 is 4.42 Å². The molecule has 0 spiro atoms. The average Bonchev–Trinajstić information content (AvgIpc) is 2.96. The second-order valence-corrected chi connectivity index (χ2v) is 6.52. The Morgan fingerprint density at radius 1 is 1.40 bits per heavy atom. The maximum Gasteiger partial charge on any atom is 0.197 e. The van der Waals surface area contributed by atoms with Crippen LogP contribution in [0.2, 0.25) is 5.15 Å². The summed E-state index contributed by atoms with van der Waals surface area (Å²) in [6.07, 6.45) is 3.08. The molecule has 106 valence electrons.